The molecule has 6 nitrogen and oxygen atoms in total. The summed E-state index contributed by atoms with van der Waals surface area (Å²) >= 11 is 0. The molecule has 0 aliphatic rings. The van der Waals surface area contributed by atoms with Crippen LogP contribution in [0.15, 0.2) is 84.9 Å². The minimum Gasteiger partial charge on any atom is -0.354 e. The van der Waals surface area contributed by atoms with Gasteiger partial charge in [-0.15, -0.1) is 0 Å². The number of rotatable bonds is 13. The second kappa shape index (κ2) is 14.2. The summed E-state index contributed by atoms with van der Waals surface area (Å²) in [6.45, 7) is 1.14. The molecule has 0 spiro atoms. The summed E-state index contributed by atoms with van der Waals surface area (Å²) in [5.41, 5.74) is 9.94. The lowest BCUT2D eigenvalue weighted by atomic mass is 9.99. The van der Waals surface area contributed by atoms with E-state index in [-0.39, 0.29) is 11.8 Å². The number of likely N-dealkylation sites (N-methyl/N-ethyl adjacent to an activating group) is 2. The number of carbonyl (C=O) groups is 2. The van der Waals surface area contributed by atoms with Crippen LogP contribution in [0, 0.1) is 0 Å². The summed E-state index contributed by atoms with van der Waals surface area (Å²) in [5, 5.41) is 6.15. The Kier molecular flexibility index (Phi) is 10.7. The largest absolute Gasteiger partial charge is 0.354 e. The third-order valence-electron chi connectivity index (χ3n) is 6.47. The Labute approximate surface area is 214 Å². The molecule has 0 radical (unpaired) electrons. The van der Waals surface area contributed by atoms with Crippen molar-refractivity contribution in [3.63, 3.8) is 0 Å². The topological polar surface area (TPSA) is 87.5 Å². The van der Waals surface area contributed by atoms with E-state index in [0.29, 0.717) is 25.9 Å². The van der Waals surface area contributed by atoms with E-state index in [1.807, 2.05) is 48.5 Å². The van der Waals surface area contributed by atoms with E-state index in [9.17, 15) is 9.59 Å². The fourth-order valence-electron chi connectivity index (χ4n) is 4.25. The van der Waals surface area contributed by atoms with Crippen molar-refractivity contribution in [1.29, 1.82) is 0 Å². The van der Waals surface area contributed by atoms with E-state index >= 15 is 0 Å². The molecule has 2 atom stereocenters. The molecule has 0 saturated carbocycles. The molecule has 0 aromatic heterocycles. The Bertz CT molecular complexity index is 1070. The van der Waals surface area contributed by atoms with Gasteiger partial charge in [0.15, 0.2) is 0 Å². The van der Waals surface area contributed by atoms with Crippen molar-refractivity contribution >= 4 is 11.8 Å². The highest BCUT2D eigenvalue weighted by Crippen LogP contribution is 2.20. The number of nitrogens with one attached hydrogen (secondary N) is 2. The first kappa shape index (κ1) is 27.1. The van der Waals surface area contributed by atoms with Gasteiger partial charge in [0.1, 0.15) is 6.04 Å². The molecule has 0 fully saturated rings. The van der Waals surface area contributed by atoms with Crippen LogP contribution in [0.3, 0.4) is 0 Å². The number of benzene rings is 3. The number of carbonyl (C=O) groups excluding carboxylic acids is 2. The van der Waals surface area contributed by atoms with Crippen molar-refractivity contribution in [2.45, 2.75) is 37.8 Å². The Balaban J connectivity index is 1.71. The van der Waals surface area contributed by atoms with Crippen LogP contribution in [0.4, 0.5) is 0 Å². The fraction of sp³-hybridized carbons (Fsp3) is 0.333. The summed E-state index contributed by atoms with van der Waals surface area (Å²) < 4.78 is 0. The van der Waals surface area contributed by atoms with Crippen LogP contribution in [-0.2, 0) is 22.4 Å². The molecule has 0 unspecified atom stereocenters. The smallest absolute Gasteiger partial charge is 0.243 e. The predicted octanol–water partition coefficient (Wildman–Crippen LogP) is 3.41. The maximum atomic E-state index is 13.5. The van der Waals surface area contributed by atoms with Crippen molar-refractivity contribution in [2.24, 2.45) is 5.73 Å². The van der Waals surface area contributed by atoms with E-state index in [1.54, 1.807) is 19.0 Å². The lowest BCUT2D eigenvalue weighted by Crippen LogP contribution is -2.54. The molecule has 0 heterocycles. The zero-order valence-corrected chi connectivity index (χ0v) is 21.3. The molecule has 0 saturated heterocycles. The maximum absolute atomic E-state index is 13.5. The third-order valence-corrected chi connectivity index (χ3v) is 6.47. The average Bonchev–Trinajstić information content (AvgIpc) is 2.93. The second-order valence-electron chi connectivity index (χ2n) is 9.05. The first-order valence-corrected chi connectivity index (χ1v) is 12.6. The molecule has 0 aliphatic carbocycles. The summed E-state index contributed by atoms with van der Waals surface area (Å²) in [7, 11) is 3.51. The molecule has 2 amide bonds. The van der Waals surface area contributed by atoms with Gasteiger partial charge in [-0.1, -0.05) is 84.9 Å². The monoisotopic (exact) mass is 486 g/mol. The minimum absolute atomic E-state index is 0.109. The summed E-state index contributed by atoms with van der Waals surface area (Å²) in [6, 6.07) is 27.3. The van der Waals surface area contributed by atoms with E-state index in [0.717, 1.165) is 35.1 Å². The quantitative estimate of drug-likeness (QED) is 0.323. The lowest BCUT2D eigenvalue weighted by molar-refractivity contribution is -0.140. The molecule has 0 aliphatic heterocycles. The van der Waals surface area contributed by atoms with Crippen molar-refractivity contribution in [1.82, 2.24) is 15.5 Å². The second-order valence-corrected chi connectivity index (χ2v) is 9.05. The summed E-state index contributed by atoms with van der Waals surface area (Å²) in [4.78, 5) is 28.3. The Hall–Kier alpha value is -3.48. The van der Waals surface area contributed by atoms with Gasteiger partial charge in [-0.2, -0.15) is 0 Å². The summed E-state index contributed by atoms with van der Waals surface area (Å²) in [6.07, 6.45) is 2.65. The number of amides is 2. The Morgan fingerprint density at radius 2 is 1.39 bits per heavy atom. The number of hydrogen-bond donors (Lipinski definition) is 3. The van der Waals surface area contributed by atoms with Crippen molar-refractivity contribution in [3.05, 3.63) is 96.1 Å². The molecular weight excluding hydrogens is 448 g/mol. The van der Waals surface area contributed by atoms with E-state index in [1.165, 1.54) is 0 Å². The SMILES string of the molecule is CN[C@H](Cc1ccc(-c2ccccc2)cc1)C(=O)N(C)[C@H](Cc1ccccc1)C(=O)NCCCCN. The molecule has 36 heavy (non-hydrogen) atoms. The number of nitrogens with two attached hydrogens (primary N) is 1. The molecule has 6 heteroatoms. The van der Waals surface area contributed by atoms with Crippen LogP contribution < -0.4 is 16.4 Å². The Morgan fingerprint density at radius 3 is 2.00 bits per heavy atom. The van der Waals surface area contributed by atoms with Crippen LogP contribution >= 0.6 is 0 Å². The van der Waals surface area contributed by atoms with Gasteiger partial charge in [0.2, 0.25) is 11.8 Å². The Morgan fingerprint density at radius 1 is 0.806 bits per heavy atom. The van der Waals surface area contributed by atoms with Crippen LogP contribution in [-0.4, -0.2) is 56.0 Å². The first-order chi connectivity index (χ1) is 17.5. The van der Waals surface area contributed by atoms with Gasteiger partial charge in [-0.3, -0.25) is 9.59 Å². The van der Waals surface area contributed by atoms with Crippen molar-refractivity contribution in [3.8, 4) is 11.1 Å². The molecule has 190 valence electrons. The van der Waals surface area contributed by atoms with Crippen LogP contribution in [0.25, 0.3) is 11.1 Å². The first-order valence-electron chi connectivity index (χ1n) is 12.6. The van der Waals surface area contributed by atoms with Gasteiger partial charge in [-0.25, -0.2) is 0 Å². The zero-order valence-electron chi connectivity index (χ0n) is 21.3. The van der Waals surface area contributed by atoms with Gasteiger partial charge in [-0.05, 0) is 55.1 Å². The molecule has 3 rings (SSSR count). The van der Waals surface area contributed by atoms with Crippen LogP contribution in [0.2, 0.25) is 0 Å². The lowest BCUT2D eigenvalue weighted by Gasteiger charge is -2.31. The average molecular weight is 487 g/mol. The van der Waals surface area contributed by atoms with Crippen molar-refractivity contribution < 1.29 is 9.59 Å². The normalized spacial score (nSPS) is 12.5. The van der Waals surface area contributed by atoms with Crippen LogP contribution in [0.1, 0.15) is 24.0 Å². The molecular formula is C30H38N4O2. The van der Waals surface area contributed by atoms with E-state index < -0.39 is 12.1 Å². The molecule has 3 aromatic carbocycles. The van der Waals surface area contributed by atoms with Gasteiger partial charge in [0.05, 0.1) is 6.04 Å². The van der Waals surface area contributed by atoms with E-state index in [4.69, 9.17) is 5.73 Å². The summed E-state index contributed by atoms with van der Waals surface area (Å²) in [5.74, 6) is -0.253. The van der Waals surface area contributed by atoms with E-state index in [2.05, 4.69) is 47.0 Å². The third kappa shape index (κ3) is 7.77. The van der Waals surface area contributed by atoms with Crippen LogP contribution in [0.5, 0.6) is 0 Å². The zero-order chi connectivity index (χ0) is 25.8. The molecule has 0 bridgehead atoms. The number of nitrogens with zero attached hydrogens (tertiary/aromatic N) is 1. The standard InChI is InChI=1S/C30H38N4O2/c1-32-27(21-24-15-17-26(18-16-24)25-13-7-4-8-14-25)30(36)34(2)28(22-23-11-5-3-6-12-23)29(35)33-20-10-9-19-31/h3-8,11-18,27-28,32H,9-10,19-22,31H2,1-2H3,(H,33,35)/t27-,28-/m1/s1. The molecule has 4 N–H and O–H groups in total. The number of unbranched alkanes of at least 4 members (excludes halogenated alkanes) is 1. The van der Waals surface area contributed by atoms with Gasteiger partial charge < -0.3 is 21.3 Å². The van der Waals surface area contributed by atoms with Gasteiger partial charge >= 0.3 is 0 Å². The maximum Gasteiger partial charge on any atom is 0.243 e. The number of hydrogen-bond acceptors (Lipinski definition) is 4. The minimum atomic E-state index is -0.603. The predicted molar refractivity (Wildman–Crippen MR) is 146 cm³/mol. The van der Waals surface area contributed by atoms with Gasteiger partial charge in [0, 0.05) is 20.0 Å². The fourth-order valence-corrected chi connectivity index (χ4v) is 4.25. The highest BCUT2D eigenvalue weighted by Gasteiger charge is 2.30. The van der Waals surface area contributed by atoms with Gasteiger partial charge in [0.25, 0.3) is 0 Å². The highest BCUT2D eigenvalue weighted by molar-refractivity contribution is 5.90. The highest BCUT2D eigenvalue weighted by atomic mass is 16.2. The molecule has 3 aromatic rings. The van der Waals surface area contributed by atoms with Crippen molar-refractivity contribution in [2.75, 3.05) is 27.2 Å².